The number of fused-ring (bicyclic) bond motifs is 2. The Balaban J connectivity index is 1.37. The second-order valence-electron chi connectivity index (χ2n) is 7.39. The van der Waals surface area contributed by atoms with Gasteiger partial charge in [-0.3, -0.25) is 4.79 Å². The number of thiazole rings is 1. The molecule has 3 heterocycles. The normalized spacial score (nSPS) is 17.9. The van der Waals surface area contributed by atoms with Crippen LogP contribution in [0.25, 0.3) is 11.3 Å². The zero-order valence-corrected chi connectivity index (χ0v) is 18.2. The monoisotopic (exact) mass is 457 g/mol. The number of nitrogens with zero attached hydrogens (tertiary/aromatic N) is 2. The number of hydrogen-bond acceptors (Lipinski definition) is 7. The molecule has 1 aromatic heterocycles. The molecule has 1 amide bonds. The highest BCUT2D eigenvalue weighted by molar-refractivity contribution is 7.88. The third-order valence-electron chi connectivity index (χ3n) is 5.34. The summed E-state index contributed by atoms with van der Waals surface area (Å²) in [5, 5.41) is 5.03. The quantitative estimate of drug-likeness (QED) is 0.647. The second-order valence-corrected chi connectivity index (χ2v) is 10.2. The van der Waals surface area contributed by atoms with Crippen molar-refractivity contribution in [2.75, 3.05) is 18.4 Å². The smallest absolute Gasteiger partial charge is 0.244 e. The number of benzene rings is 2. The number of sulfonamides is 1. The van der Waals surface area contributed by atoms with Gasteiger partial charge < -0.3 is 14.8 Å². The minimum atomic E-state index is -3.57. The van der Waals surface area contributed by atoms with Gasteiger partial charge in [-0.2, -0.15) is 4.31 Å². The zero-order valence-electron chi connectivity index (χ0n) is 16.6. The number of carbonyl (C=O) groups is 1. The van der Waals surface area contributed by atoms with Crippen molar-refractivity contribution in [1.82, 2.24) is 9.29 Å². The number of rotatable bonds is 4. The van der Waals surface area contributed by atoms with Crippen molar-refractivity contribution in [3.63, 3.8) is 0 Å². The van der Waals surface area contributed by atoms with Crippen LogP contribution in [-0.2, 0) is 27.8 Å². The first-order valence-electron chi connectivity index (χ1n) is 9.58. The van der Waals surface area contributed by atoms with Crippen molar-refractivity contribution >= 4 is 32.4 Å². The molecule has 10 heteroatoms. The average molecular weight is 458 g/mol. The Hall–Kier alpha value is -2.95. The number of nitrogens with one attached hydrogen (secondary N) is 1. The van der Waals surface area contributed by atoms with Crippen LogP contribution in [0.5, 0.6) is 11.5 Å². The summed E-state index contributed by atoms with van der Waals surface area (Å²) in [4.78, 5) is 17.5. The fourth-order valence-electron chi connectivity index (χ4n) is 3.78. The third-order valence-corrected chi connectivity index (χ3v) is 7.33. The molecule has 0 bridgehead atoms. The molecule has 0 fully saturated rings. The third kappa shape index (κ3) is 3.89. The van der Waals surface area contributed by atoms with E-state index in [1.807, 2.05) is 47.8 Å². The van der Waals surface area contributed by atoms with Gasteiger partial charge in [0.1, 0.15) is 6.04 Å². The van der Waals surface area contributed by atoms with Crippen LogP contribution in [0.15, 0.2) is 47.8 Å². The van der Waals surface area contributed by atoms with Gasteiger partial charge in [0.25, 0.3) is 0 Å². The fraction of sp³-hybridized carbons (Fsp3) is 0.238. The summed E-state index contributed by atoms with van der Waals surface area (Å²) in [6, 6.07) is 12.3. The number of ether oxygens (including phenoxy) is 2. The van der Waals surface area contributed by atoms with Gasteiger partial charge in [0.05, 0.1) is 11.9 Å². The maximum absolute atomic E-state index is 13.0. The van der Waals surface area contributed by atoms with Crippen LogP contribution < -0.4 is 14.8 Å². The summed E-state index contributed by atoms with van der Waals surface area (Å²) < 4.78 is 36.7. The van der Waals surface area contributed by atoms with E-state index in [9.17, 15) is 13.2 Å². The Morgan fingerprint density at radius 3 is 2.74 bits per heavy atom. The molecule has 0 saturated carbocycles. The number of carbonyl (C=O) groups excluding carboxylic acids is 1. The second kappa shape index (κ2) is 7.63. The molecule has 3 aromatic rings. The van der Waals surface area contributed by atoms with Crippen LogP contribution in [-0.4, -0.2) is 42.7 Å². The summed E-state index contributed by atoms with van der Waals surface area (Å²) >= 11 is 1.28. The van der Waals surface area contributed by atoms with Crippen molar-refractivity contribution in [2.24, 2.45) is 0 Å². The molecule has 1 atom stereocenters. The number of aromatic nitrogens is 1. The SMILES string of the molecule is CS(=O)(=O)N1Cc2ccccc2C[C@H]1C(=O)Nc1nc(-c2ccc3c(c2)OCO3)cs1. The molecule has 160 valence electrons. The van der Waals surface area contributed by atoms with Crippen LogP contribution in [0.3, 0.4) is 0 Å². The van der Waals surface area contributed by atoms with Crippen molar-refractivity contribution in [3.05, 3.63) is 59.0 Å². The average Bonchev–Trinajstić information content (AvgIpc) is 3.41. The Kier molecular flexibility index (Phi) is 4.92. The van der Waals surface area contributed by atoms with E-state index in [4.69, 9.17) is 9.47 Å². The van der Waals surface area contributed by atoms with E-state index in [1.165, 1.54) is 15.6 Å². The first-order valence-corrected chi connectivity index (χ1v) is 12.3. The molecule has 2 aliphatic rings. The molecular formula is C21H19N3O5S2. The Morgan fingerprint density at radius 1 is 1.16 bits per heavy atom. The molecule has 2 aliphatic heterocycles. The summed E-state index contributed by atoms with van der Waals surface area (Å²) in [5.74, 6) is 0.943. The van der Waals surface area contributed by atoms with Crippen LogP contribution in [0.2, 0.25) is 0 Å². The van der Waals surface area contributed by atoms with Crippen molar-refractivity contribution in [2.45, 2.75) is 19.0 Å². The highest BCUT2D eigenvalue weighted by atomic mass is 32.2. The lowest BCUT2D eigenvalue weighted by molar-refractivity contribution is -0.120. The molecule has 0 saturated heterocycles. The topological polar surface area (TPSA) is 97.8 Å². The predicted molar refractivity (Wildman–Crippen MR) is 117 cm³/mol. The maximum Gasteiger partial charge on any atom is 0.244 e. The van der Waals surface area contributed by atoms with Crippen molar-refractivity contribution < 1.29 is 22.7 Å². The first kappa shape index (κ1) is 20.0. The standard InChI is InChI=1S/C21H19N3O5S2/c1-31(26,27)24-10-15-5-3-2-4-13(15)8-17(24)20(25)23-21-22-16(11-30-21)14-6-7-18-19(9-14)29-12-28-18/h2-7,9,11,17H,8,10,12H2,1H3,(H,22,23,25)/t17-/m0/s1. The molecule has 8 nitrogen and oxygen atoms in total. The molecule has 0 spiro atoms. The van der Waals surface area contributed by atoms with Gasteiger partial charge in [-0.1, -0.05) is 24.3 Å². The lowest BCUT2D eigenvalue weighted by Gasteiger charge is -2.33. The minimum absolute atomic E-state index is 0.174. The van der Waals surface area contributed by atoms with E-state index in [0.29, 0.717) is 28.7 Å². The van der Waals surface area contributed by atoms with Gasteiger partial charge in [0.15, 0.2) is 16.6 Å². The number of hydrogen-bond donors (Lipinski definition) is 1. The van der Waals surface area contributed by atoms with E-state index in [1.54, 1.807) is 0 Å². The van der Waals surface area contributed by atoms with E-state index >= 15 is 0 Å². The van der Waals surface area contributed by atoms with Gasteiger partial charge in [-0.25, -0.2) is 13.4 Å². The van der Waals surface area contributed by atoms with Crippen molar-refractivity contribution in [3.8, 4) is 22.8 Å². The number of amides is 1. The van der Waals surface area contributed by atoms with E-state index < -0.39 is 22.0 Å². The Labute approximate surface area is 183 Å². The summed E-state index contributed by atoms with van der Waals surface area (Å²) in [6.45, 7) is 0.367. The van der Waals surface area contributed by atoms with Crippen LogP contribution in [0.4, 0.5) is 5.13 Å². The van der Waals surface area contributed by atoms with Gasteiger partial charge in [-0.05, 0) is 35.7 Å². The molecular weight excluding hydrogens is 438 g/mol. The fourth-order valence-corrected chi connectivity index (χ4v) is 5.51. The molecule has 0 aliphatic carbocycles. The lowest BCUT2D eigenvalue weighted by Crippen LogP contribution is -2.50. The van der Waals surface area contributed by atoms with Crippen LogP contribution in [0.1, 0.15) is 11.1 Å². The van der Waals surface area contributed by atoms with E-state index in [0.717, 1.165) is 22.9 Å². The maximum atomic E-state index is 13.0. The first-order chi connectivity index (χ1) is 14.9. The van der Waals surface area contributed by atoms with Gasteiger partial charge in [0, 0.05) is 17.5 Å². The molecule has 2 aromatic carbocycles. The lowest BCUT2D eigenvalue weighted by atomic mass is 9.95. The molecule has 0 radical (unpaired) electrons. The summed E-state index contributed by atoms with van der Waals surface area (Å²) in [5.41, 5.74) is 3.41. The molecule has 0 unspecified atom stereocenters. The Bertz CT molecular complexity index is 1270. The van der Waals surface area contributed by atoms with Crippen LogP contribution in [0, 0.1) is 0 Å². The highest BCUT2D eigenvalue weighted by Crippen LogP contribution is 2.36. The zero-order chi connectivity index (χ0) is 21.6. The van der Waals surface area contributed by atoms with E-state index in [-0.39, 0.29) is 13.3 Å². The predicted octanol–water partition coefficient (Wildman–Crippen LogP) is 2.86. The summed E-state index contributed by atoms with van der Waals surface area (Å²) in [7, 11) is -3.57. The highest BCUT2D eigenvalue weighted by Gasteiger charge is 2.37. The summed E-state index contributed by atoms with van der Waals surface area (Å²) in [6.07, 6.45) is 1.44. The van der Waals surface area contributed by atoms with Crippen molar-refractivity contribution in [1.29, 1.82) is 0 Å². The molecule has 31 heavy (non-hydrogen) atoms. The number of anilines is 1. The largest absolute Gasteiger partial charge is 0.454 e. The molecule has 1 N–H and O–H groups in total. The van der Waals surface area contributed by atoms with Gasteiger partial charge in [-0.15, -0.1) is 11.3 Å². The van der Waals surface area contributed by atoms with E-state index in [2.05, 4.69) is 10.3 Å². The minimum Gasteiger partial charge on any atom is -0.454 e. The van der Waals surface area contributed by atoms with Gasteiger partial charge in [0.2, 0.25) is 22.7 Å². The Morgan fingerprint density at radius 2 is 1.94 bits per heavy atom. The van der Waals surface area contributed by atoms with Gasteiger partial charge >= 0.3 is 0 Å². The van der Waals surface area contributed by atoms with Crippen LogP contribution >= 0.6 is 11.3 Å². The molecule has 5 rings (SSSR count).